The summed E-state index contributed by atoms with van der Waals surface area (Å²) in [6, 6.07) is 4.87. The summed E-state index contributed by atoms with van der Waals surface area (Å²) in [4.78, 5) is 4.16. The minimum Gasteiger partial charge on any atom is -0.493 e. The van der Waals surface area contributed by atoms with Crippen molar-refractivity contribution in [1.82, 2.24) is 10.6 Å². The maximum absolute atomic E-state index is 12.5. The summed E-state index contributed by atoms with van der Waals surface area (Å²) < 4.78 is 40.0. The minimum atomic E-state index is -2.91. The van der Waals surface area contributed by atoms with Gasteiger partial charge in [0.25, 0.3) is 0 Å². The van der Waals surface area contributed by atoms with Crippen LogP contribution in [0.5, 0.6) is 11.5 Å². The van der Waals surface area contributed by atoms with Crippen LogP contribution in [0.4, 0.5) is 8.78 Å². The smallest absolute Gasteiger partial charge is 0.387 e. The third kappa shape index (κ3) is 7.03. The summed E-state index contributed by atoms with van der Waals surface area (Å²) in [6.45, 7) is 4.35. The van der Waals surface area contributed by atoms with Crippen molar-refractivity contribution in [3.63, 3.8) is 0 Å². The molecular weight excluding hydrogens is 344 g/mol. The van der Waals surface area contributed by atoms with Gasteiger partial charge < -0.3 is 24.8 Å². The van der Waals surface area contributed by atoms with E-state index >= 15 is 0 Å². The molecule has 8 heteroatoms. The summed E-state index contributed by atoms with van der Waals surface area (Å²) in [6.07, 6.45) is 0.00748. The second-order valence-electron chi connectivity index (χ2n) is 6.76. The van der Waals surface area contributed by atoms with Crippen LogP contribution < -0.4 is 20.1 Å². The Labute approximate surface area is 153 Å². The zero-order chi connectivity index (χ0) is 19.7. The predicted molar refractivity (Wildman–Crippen MR) is 98.1 cm³/mol. The zero-order valence-electron chi connectivity index (χ0n) is 16.2. The number of alkyl halides is 2. The molecule has 0 aliphatic heterocycles. The zero-order valence-corrected chi connectivity index (χ0v) is 16.2. The number of ether oxygens (including phenoxy) is 3. The lowest BCUT2D eigenvalue weighted by molar-refractivity contribution is -0.0512. The van der Waals surface area contributed by atoms with Gasteiger partial charge in [-0.2, -0.15) is 8.78 Å². The third-order valence-electron chi connectivity index (χ3n) is 3.83. The molecule has 0 aromatic heterocycles. The Bertz CT molecular complexity index is 590. The Morgan fingerprint density at radius 1 is 1.15 bits per heavy atom. The molecule has 26 heavy (non-hydrogen) atoms. The normalized spacial score (nSPS) is 13.5. The number of methoxy groups -OCH3 is 2. The van der Waals surface area contributed by atoms with Gasteiger partial charge in [0.2, 0.25) is 0 Å². The molecule has 0 saturated heterocycles. The number of guanidine groups is 1. The number of aliphatic imine (C=N–C) groups is 1. The summed E-state index contributed by atoms with van der Waals surface area (Å²) in [5.74, 6) is 0.838. The number of benzene rings is 1. The number of hydrogen-bond acceptors (Lipinski definition) is 4. The first kappa shape index (κ1) is 22.0. The molecule has 6 nitrogen and oxygen atoms in total. The first-order chi connectivity index (χ1) is 12.2. The lowest BCUT2D eigenvalue weighted by atomic mass is 9.89. The van der Waals surface area contributed by atoms with Crippen LogP contribution in [0.2, 0.25) is 0 Å². The molecule has 1 unspecified atom stereocenters. The van der Waals surface area contributed by atoms with E-state index in [9.17, 15) is 8.78 Å². The molecule has 1 atom stereocenters. The predicted octanol–water partition coefficient (Wildman–Crippen LogP) is 3.02. The van der Waals surface area contributed by atoms with Crippen molar-refractivity contribution in [2.24, 2.45) is 10.4 Å². The monoisotopic (exact) mass is 373 g/mol. The highest BCUT2D eigenvalue weighted by Gasteiger charge is 2.24. The van der Waals surface area contributed by atoms with Gasteiger partial charge in [0.05, 0.1) is 13.2 Å². The maximum Gasteiger partial charge on any atom is 0.387 e. The van der Waals surface area contributed by atoms with Crippen LogP contribution in [0.15, 0.2) is 23.2 Å². The molecule has 0 saturated carbocycles. The molecule has 0 amide bonds. The van der Waals surface area contributed by atoms with Crippen LogP contribution in [-0.2, 0) is 11.3 Å². The quantitative estimate of drug-likeness (QED) is 0.542. The molecular formula is C18H29F2N3O3. The van der Waals surface area contributed by atoms with Crippen LogP contribution in [0.25, 0.3) is 0 Å². The largest absolute Gasteiger partial charge is 0.493 e. The topological polar surface area (TPSA) is 64.1 Å². The summed E-state index contributed by atoms with van der Waals surface area (Å²) in [7, 11) is 4.74. The Hall–Kier alpha value is -2.09. The molecule has 0 bridgehead atoms. The van der Waals surface area contributed by atoms with E-state index in [1.54, 1.807) is 26.3 Å². The number of nitrogens with one attached hydrogen (secondary N) is 2. The van der Waals surface area contributed by atoms with E-state index in [-0.39, 0.29) is 23.0 Å². The first-order valence-electron chi connectivity index (χ1n) is 8.30. The molecule has 0 fully saturated rings. The van der Waals surface area contributed by atoms with Crippen molar-refractivity contribution in [1.29, 1.82) is 0 Å². The molecule has 1 aromatic rings. The minimum absolute atomic E-state index is 0.00285. The van der Waals surface area contributed by atoms with Crippen molar-refractivity contribution >= 4 is 5.96 Å². The molecule has 0 aliphatic rings. The van der Waals surface area contributed by atoms with Gasteiger partial charge in [-0.3, -0.25) is 4.99 Å². The molecule has 0 radical (unpaired) electrons. The van der Waals surface area contributed by atoms with Crippen molar-refractivity contribution in [3.8, 4) is 11.5 Å². The van der Waals surface area contributed by atoms with Crippen LogP contribution in [0, 0.1) is 5.41 Å². The van der Waals surface area contributed by atoms with Crippen molar-refractivity contribution in [3.05, 3.63) is 23.8 Å². The third-order valence-corrected chi connectivity index (χ3v) is 3.83. The Morgan fingerprint density at radius 3 is 2.35 bits per heavy atom. The van der Waals surface area contributed by atoms with Gasteiger partial charge in [-0.25, -0.2) is 0 Å². The Morgan fingerprint density at radius 2 is 1.85 bits per heavy atom. The second-order valence-corrected chi connectivity index (χ2v) is 6.76. The molecule has 1 aromatic carbocycles. The first-order valence-corrected chi connectivity index (χ1v) is 8.30. The van der Waals surface area contributed by atoms with Crippen molar-refractivity contribution in [2.45, 2.75) is 40.0 Å². The standard InChI is InChI=1S/C18H29F2N3O3/c1-18(2,3)15(25-6)11-23-17(21-4)22-10-12-7-8-13(24-5)14(9-12)26-16(19)20/h7-9,15-16H,10-11H2,1-6H3,(H2,21,22,23). The van der Waals surface area contributed by atoms with E-state index in [1.165, 1.54) is 13.2 Å². The van der Waals surface area contributed by atoms with Crippen LogP contribution >= 0.6 is 0 Å². The van der Waals surface area contributed by atoms with Crippen molar-refractivity contribution < 1.29 is 23.0 Å². The van der Waals surface area contributed by atoms with E-state index in [0.29, 0.717) is 19.0 Å². The fraction of sp³-hybridized carbons (Fsp3) is 0.611. The van der Waals surface area contributed by atoms with Gasteiger partial charge in [0.15, 0.2) is 17.5 Å². The lowest BCUT2D eigenvalue weighted by Gasteiger charge is -2.30. The molecule has 0 heterocycles. The maximum atomic E-state index is 12.5. The van der Waals surface area contributed by atoms with Gasteiger partial charge in [-0.1, -0.05) is 26.8 Å². The number of halogens is 2. The molecule has 2 N–H and O–H groups in total. The molecule has 0 aliphatic carbocycles. The van der Waals surface area contributed by atoms with E-state index in [1.807, 2.05) is 0 Å². The van der Waals surface area contributed by atoms with Gasteiger partial charge in [0, 0.05) is 27.2 Å². The summed E-state index contributed by atoms with van der Waals surface area (Å²) in [5, 5.41) is 6.34. The van der Waals surface area contributed by atoms with E-state index in [4.69, 9.17) is 9.47 Å². The van der Waals surface area contributed by atoms with E-state index in [2.05, 4.69) is 41.1 Å². The number of hydrogen-bond donors (Lipinski definition) is 2. The van der Waals surface area contributed by atoms with Gasteiger partial charge in [0.1, 0.15) is 0 Å². The van der Waals surface area contributed by atoms with Crippen LogP contribution in [0.3, 0.4) is 0 Å². The average molecular weight is 373 g/mol. The summed E-state index contributed by atoms with van der Waals surface area (Å²) >= 11 is 0. The molecule has 0 spiro atoms. The van der Waals surface area contributed by atoms with Gasteiger partial charge in [-0.15, -0.1) is 0 Å². The highest BCUT2D eigenvalue weighted by molar-refractivity contribution is 5.79. The molecule has 1 rings (SSSR count). The van der Waals surface area contributed by atoms with Gasteiger partial charge in [-0.05, 0) is 23.1 Å². The second kappa shape index (κ2) is 10.2. The van der Waals surface area contributed by atoms with E-state index in [0.717, 1.165) is 5.56 Å². The summed E-state index contributed by atoms with van der Waals surface area (Å²) in [5.41, 5.74) is 0.737. The fourth-order valence-corrected chi connectivity index (χ4v) is 2.36. The highest BCUT2D eigenvalue weighted by atomic mass is 19.3. The van der Waals surface area contributed by atoms with Crippen LogP contribution in [0.1, 0.15) is 26.3 Å². The number of nitrogens with zero attached hydrogens (tertiary/aromatic N) is 1. The molecule has 148 valence electrons. The SMILES string of the molecule is CN=C(NCc1ccc(OC)c(OC(F)F)c1)NCC(OC)C(C)(C)C. The average Bonchev–Trinajstić information content (AvgIpc) is 2.56. The lowest BCUT2D eigenvalue weighted by Crippen LogP contribution is -2.45. The number of rotatable bonds is 8. The van der Waals surface area contributed by atoms with E-state index < -0.39 is 6.61 Å². The Balaban J connectivity index is 2.68. The fourth-order valence-electron chi connectivity index (χ4n) is 2.36. The Kier molecular flexibility index (Phi) is 8.57. The highest BCUT2D eigenvalue weighted by Crippen LogP contribution is 2.29. The van der Waals surface area contributed by atoms with Gasteiger partial charge >= 0.3 is 6.61 Å². The van der Waals surface area contributed by atoms with Crippen LogP contribution in [-0.4, -0.2) is 46.5 Å². The van der Waals surface area contributed by atoms with Crippen molar-refractivity contribution in [2.75, 3.05) is 27.8 Å².